The molecule has 94 valence electrons. The molecule has 0 spiro atoms. The second-order valence-electron chi connectivity index (χ2n) is 5.13. The van der Waals surface area contributed by atoms with E-state index in [9.17, 15) is 0 Å². The Balaban J connectivity index is 0.00000108. The van der Waals surface area contributed by atoms with Crippen LogP contribution in [0, 0.1) is 0 Å². The van der Waals surface area contributed by atoms with Crippen molar-refractivity contribution < 1.29 is 17.3 Å². The molecule has 0 aliphatic carbocycles. The maximum atomic E-state index is 2.70. The predicted octanol–water partition coefficient (Wildman–Crippen LogP) is -2.10. The number of halogens is 1. The Kier molecular flexibility index (Phi) is 4.43. The number of rotatable bonds is 2. The minimum absolute atomic E-state index is 0. The Hall–Kier alpha value is -0.570. The fraction of sp³-hybridized carbons (Fsp3) is 0.571. The molecule has 17 heavy (non-hydrogen) atoms. The van der Waals surface area contributed by atoms with Crippen LogP contribution >= 0.6 is 0 Å². The Labute approximate surface area is 110 Å². The number of nitrogens with zero attached hydrogens (tertiary/aromatic N) is 1. The monoisotopic (exact) mass is 252 g/mol. The molecule has 2 aliphatic rings. The highest BCUT2D eigenvalue weighted by Gasteiger charge is 2.36. The molecule has 1 aromatic carbocycles. The first-order chi connectivity index (χ1) is 7.93. The lowest BCUT2D eigenvalue weighted by Crippen LogP contribution is -3.16. The van der Waals surface area contributed by atoms with Crippen LogP contribution in [0.5, 0.6) is 0 Å². The highest BCUT2D eigenvalue weighted by Crippen LogP contribution is 2.14. The fourth-order valence-electron chi connectivity index (χ4n) is 3.30. The van der Waals surface area contributed by atoms with Gasteiger partial charge in [0.2, 0.25) is 0 Å². The van der Waals surface area contributed by atoms with Gasteiger partial charge in [0.25, 0.3) is 0 Å². The van der Waals surface area contributed by atoms with Crippen molar-refractivity contribution in [2.45, 2.75) is 32.0 Å². The topological polar surface area (TPSA) is 7.68 Å². The number of fused-ring (bicyclic) bond motifs is 1. The maximum absolute atomic E-state index is 2.70. The van der Waals surface area contributed by atoms with E-state index in [0.717, 1.165) is 12.7 Å². The van der Waals surface area contributed by atoms with E-state index in [-0.39, 0.29) is 12.4 Å². The summed E-state index contributed by atoms with van der Waals surface area (Å²) in [5.74, 6) is 0. The Bertz CT molecular complexity index is 341. The molecule has 0 saturated carbocycles. The number of hydrogen-bond acceptors (Lipinski definition) is 1. The van der Waals surface area contributed by atoms with Crippen molar-refractivity contribution in [3.05, 3.63) is 35.9 Å². The van der Waals surface area contributed by atoms with E-state index >= 15 is 0 Å². The summed E-state index contributed by atoms with van der Waals surface area (Å²) in [5, 5.41) is 0. The van der Waals surface area contributed by atoms with Crippen molar-refractivity contribution in [1.82, 2.24) is 4.90 Å². The fourth-order valence-corrected chi connectivity index (χ4v) is 3.30. The van der Waals surface area contributed by atoms with Crippen LogP contribution in [0.25, 0.3) is 0 Å². The molecular formula is C14H21ClN2. The lowest BCUT2D eigenvalue weighted by Gasteiger charge is -2.36. The number of nitrogens with one attached hydrogen (secondary N) is 1. The average Bonchev–Trinajstić information content (AvgIpc) is 2.80. The molecule has 2 unspecified atom stereocenters. The maximum Gasteiger partial charge on any atom is 0.144 e. The first kappa shape index (κ1) is 12.9. The van der Waals surface area contributed by atoms with Crippen LogP contribution in [-0.4, -0.2) is 30.7 Å². The third kappa shape index (κ3) is 2.82. The van der Waals surface area contributed by atoms with Crippen LogP contribution in [0.1, 0.15) is 24.8 Å². The summed E-state index contributed by atoms with van der Waals surface area (Å²) in [4.78, 5) is 4.53. The second-order valence-corrected chi connectivity index (χ2v) is 5.13. The Morgan fingerprint density at radius 1 is 1.12 bits per heavy atom. The minimum atomic E-state index is 0. The van der Waals surface area contributed by atoms with Gasteiger partial charge in [-0.15, -0.1) is 0 Å². The van der Waals surface area contributed by atoms with Gasteiger partial charge in [0.1, 0.15) is 6.17 Å². The summed E-state index contributed by atoms with van der Waals surface area (Å²) in [6, 6.07) is 10.9. The van der Waals surface area contributed by atoms with E-state index in [2.05, 4.69) is 35.2 Å². The molecule has 0 amide bonds. The second kappa shape index (κ2) is 5.85. The van der Waals surface area contributed by atoms with Gasteiger partial charge in [-0.1, -0.05) is 30.3 Å². The molecular weight excluding hydrogens is 232 g/mol. The number of benzene rings is 1. The lowest BCUT2D eigenvalue weighted by atomic mass is 10.1. The van der Waals surface area contributed by atoms with Crippen molar-refractivity contribution >= 4 is 0 Å². The third-order valence-electron chi connectivity index (χ3n) is 4.06. The van der Waals surface area contributed by atoms with Crippen molar-refractivity contribution in [3.63, 3.8) is 0 Å². The molecule has 2 heterocycles. The van der Waals surface area contributed by atoms with Crippen molar-refractivity contribution in [2.24, 2.45) is 0 Å². The van der Waals surface area contributed by atoms with Crippen LogP contribution in [0.3, 0.4) is 0 Å². The lowest BCUT2D eigenvalue weighted by molar-refractivity contribution is -0.930. The van der Waals surface area contributed by atoms with E-state index < -0.39 is 0 Å². The summed E-state index contributed by atoms with van der Waals surface area (Å²) in [6.45, 7) is 5.24. The first-order valence-corrected chi connectivity index (χ1v) is 6.56. The molecule has 2 atom stereocenters. The van der Waals surface area contributed by atoms with Gasteiger partial charge in [-0.05, 0) is 5.56 Å². The molecule has 1 aromatic rings. The highest BCUT2D eigenvalue weighted by atomic mass is 35.5. The first-order valence-electron chi connectivity index (χ1n) is 6.56. The standard InChI is InChI=1S/C14H20N2.ClH/c1-2-6-13(7-3-1)12-16-11-5-10-15-9-4-8-14(15)16;/h1-3,6-7,14H,4-5,8-12H2;1H. The third-order valence-corrected chi connectivity index (χ3v) is 4.06. The molecule has 2 nitrogen and oxygen atoms in total. The van der Waals surface area contributed by atoms with Gasteiger partial charge in [-0.25, -0.2) is 4.90 Å². The predicted molar refractivity (Wildman–Crippen MR) is 65.2 cm³/mol. The highest BCUT2D eigenvalue weighted by molar-refractivity contribution is 5.14. The molecule has 2 saturated heterocycles. The van der Waals surface area contributed by atoms with Gasteiger partial charge in [-0.2, -0.15) is 0 Å². The average molecular weight is 253 g/mol. The van der Waals surface area contributed by atoms with Gasteiger partial charge in [0, 0.05) is 32.4 Å². The summed E-state index contributed by atoms with van der Waals surface area (Å²) < 4.78 is 0. The smallest absolute Gasteiger partial charge is 0.144 e. The summed E-state index contributed by atoms with van der Waals surface area (Å²) in [5.41, 5.74) is 1.47. The van der Waals surface area contributed by atoms with Crippen LogP contribution in [0.15, 0.2) is 30.3 Å². The minimum Gasteiger partial charge on any atom is -1.00 e. The van der Waals surface area contributed by atoms with Crippen LogP contribution in [-0.2, 0) is 6.54 Å². The van der Waals surface area contributed by atoms with E-state index in [1.807, 2.05) is 4.90 Å². The normalized spacial score (nSPS) is 28.5. The SMILES string of the molecule is [Cl-].c1ccc(CN2CCC[NH+]3CCCC23)cc1. The van der Waals surface area contributed by atoms with Crippen LogP contribution in [0.4, 0.5) is 0 Å². The number of quaternary nitrogens is 1. The molecule has 0 aromatic heterocycles. The van der Waals surface area contributed by atoms with Crippen molar-refractivity contribution in [2.75, 3.05) is 19.6 Å². The summed E-state index contributed by atoms with van der Waals surface area (Å²) in [7, 11) is 0. The molecule has 3 heteroatoms. The van der Waals surface area contributed by atoms with E-state index in [1.54, 1.807) is 0 Å². The van der Waals surface area contributed by atoms with Gasteiger partial charge in [0.05, 0.1) is 13.1 Å². The van der Waals surface area contributed by atoms with Crippen molar-refractivity contribution in [1.29, 1.82) is 0 Å². The molecule has 0 bridgehead atoms. The Morgan fingerprint density at radius 3 is 2.71 bits per heavy atom. The summed E-state index contributed by atoms with van der Waals surface area (Å²) in [6.07, 6.45) is 5.01. The molecule has 0 radical (unpaired) electrons. The van der Waals surface area contributed by atoms with Gasteiger partial charge in [-0.3, -0.25) is 0 Å². The van der Waals surface area contributed by atoms with Crippen LogP contribution in [0.2, 0.25) is 0 Å². The summed E-state index contributed by atoms with van der Waals surface area (Å²) >= 11 is 0. The molecule has 2 aliphatic heterocycles. The zero-order valence-electron chi connectivity index (χ0n) is 10.2. The largest absolute Gasteiger partial charge is 1.00 e. The zero-order valence-corrected chi connectivity index (χ0v) is 11.0. The Morgan fingerprint density at radius 2 is 1.88 bits per heavy atom. The van der Waals surface area contributed by atoms with Gasteiger partial charge >= 0.3 is 0 Å². The number of hydrogen-bond donors (Lipinski definition) is 1. The van der Waals surface area contributed by atoms with E-state index in [0.29, 0.717) is 0 Å². The van der Waals surface area contributed by atoms with Crippen LogP contribution < -0.4 is 17.3 Å². The van der Waals surface area contributed by atoms with E-state index in [1.165, 1.54) is 44.5 Å². The molecule has 3 rings (SSSR count). The molecule has 2 fully saturated rings. The quantitative estimate of drug-likeness (QED) is 0.634. The van der Waals surface area contributed by atoms with Gasteiger partial charge in [0.15, 0.2) is 0 Å². The van der Waals surface area contributed by atoms with Gasteiger partial charge < -0.3 is 17.3 Å². The molecule has 1 N–H and O–H groups in total. The van der Waals surface area contributed by atoms with Crippen molar-refractivity contribution in [3.8, 4) is 0 Å². The van der Waals surface area contributed by atoms with E-state index in [4.69, 9.17) is 0 Å². The zero-order chi connectivity index (χ0) is 10.8.